The fourth-order valence-corrected chi connectivity index (χ4v) is 3.16. The van der Waals surface area contributed by atoms with Crippen molar-refractivity contribution in [3.63, 3.8) is 0 Å². The summed E-state index contributed by atoms with van der Waals surface area (Å²) in [5, 5.41) is 15.4. The Hall–Kier alpha value is -0.540. The molecule has 1 heterocycles. The lowest BCUT2D eigenvalue weighted by molar-refractivity contribution is 0.0535. The molecular weight excluding hydrogens is 248 g/mol. The van der Waals surface area contributed by atoms with Crippen LogP contribution in [0.5, 0.6) is 0 Å². The van der Waals surface area contributed by atoms with E-state index in [0.717, 1.165) is 11.3 Å². The number of rotatable bonds is 5. The van der Waals surface area contributed by atoms with Crippen molar-refractivity contribution in [3.8, 4) is 0 Å². The Labute approximate surface area is 115 Å². The van der Waals surface area contributed by atoms with Crippen LogP contribution in [0.1, 0.15) is 39.0 Å². The third kappa shape index (κ3) is 3.27. The van der Waals surface area contributed by atoms with E-state index < -0.39 is 0 Å². The molecule has 0 saturated carbocycles. The van der Waals surface area contributed by atoms with Crippen LogP contribution in [0, 0.1) is 24.7 Å². The molecule has 0 bridgehead atoms. The van der Waals surface area contributed by atoms with Gasteiger partial charge in [-0.15, -0.1) is 0 Å². The zero-order valence-electron chi connectivity index (χ0n) is 12.2. The molecule has 18 heavy (non-hydrogen) atoms. The summed E-state index contributed by atoms with van der Waals surface area (Å²) in [6, 6.07) is 0. The van der Waals surface area contributed by atoms with Crippen LogP contribution in [-0.2, 0) is 13.5 Å². The van der Waals surface area contributed by atoms with Gasteiger partial charge in [-0.05, 0) is 24.7 Å². The summed E-state index contributed by atoms with van der Waals surface area (Å²) in [6.07, 6.45) is 0.213. The molecule has 0 aromatic carbocycles. The number of hydrogen-bond acceptors (Lipinski definition) is 2. The average molecular weight is 273 g/mol. The van der Waals surface area contributed by atoms with Gasteiger partial charge in [0.2, 0.25) is 0 Å². The van der Waals surface area contributed by atoms with Crippen LogP contribution < -0.4 is 0 Å². The third-order valence-corrected chi connectivity index (χ3v) is 4.14. The van der Waals surface area contributed by atoms with E-state index in [0.29, 0.717) is 23.4 Å². The van der Waals surface area contributed by atoms with Gasteiger partial charge < -0.3 is 5.11 Å². The fraction of sp³-hybridized carbons (Fsp3) is 0.786. The van der Waals surface area contributed by atoms with E-state index in [2.05, 4.69) is 32.8 Å². The monoisotopic (exact) mass is 272 g/mol. The van der Waals surface area contributed by atoms with Crippen molar-refractivity contribution in [2.45, 2.75) is 47.1 Å². The highest BCUT2D eigenvalue weighted by molar-refractivity contribution is 6.30. The summed E-state index contributed by atoms with van der Waals surface area (Å²) in [6.45, 7) is 10.6. The van der Waals surface area contributed by atoms with E-state index in [1.54, 1.807) is 4.68 Å². The quantitative estimate of drug-likeness (QED) is 0.894. The maximum atomic E-state index is 10.5. The molecule has 1 aromatic heterocycles. The number of halogens is 1. The van der Waals surface area contributed by atoms with E-state index >= 15 is 0 Å². The smallest absolute Gasteiger partial charge is 0.130 e. The van der Waals surface area contributed by atoms with Gasteiger partial charge in [-0.1, -0.05) is 39.3 Å². The van der Waals surface area contributed by atoms with Crippen molar-refractivity contribution in [2.24, 2.45) is 24.8 Å². The Morgan fingerprint density at radius 3 is 2.06 bits per heavy atom. The summed E-state index contributed by atoms with van der Waals surface area (Å²) in [7, 11) is 1.83. The molecule has 1 atom stereocenters. The minimum atomic E-state index is -0.370. The van der Waals surface area contributed by atoms with Crippen molar-refractivity contribution in [1.82, 2.24) is 9.78 Å². The van der Waals surface area contributed by atoms with E-state index in [-0.39, 0.29) is 12.0 Å². The van der Waals surface area contributed by atoms with Gasteiger partial charge in [-0.25, -0.2) is 0 Å². The highest BCUT2D eigenvalue weighted by atomic mass is 35.5. The Morgan fingerprint density at radius 1 is 1.22 bits per heavy atom. The summed E-state index contributed by atoms with van der Waals surface area (Å²) < 4.78 is 1.67. The van der Waals surface area contributed by atoms with Crippen LogP contribution in [0.25, 0.3) is 0 Å². The maximum Gasteiger partial charge on any atom is 0.130 e. The SMILES string of the molecule is Cc1nn(C)c(Cl)c1CC(O)C(C(C)C)C(C)C. The van der Waals surface area contributed by atoms with E-state index in [1.165, 1.54) is 0 Å². The van der Waals surface area contributed by atoms with Gasteiger partial charge in [-0.2, -0.15) is 5.10 Å². The molecule has 1 rings (SSSR count). The van der Waals surface area contributed by atoms with Gasteiger partial charge in [0.25, 0.3) is 0 Å². The third-order valence-electron chi connectivity index (χ3n) is 3.67. The van der Waals surface area contributed by atoms with E-state index in [9.17, 15) is 5.11 Å². The lowest BCUT2D eigenvalue weighted by Crippen LogP contribution is -2.31. The second kappa shape index (κ2) is 6.07. The molecule has 104 valence electrons. The van der Waals surface area contributed by atoms with Gasteiger partial charge in [0, 0.05) is 19.0 Å². The molecule has 0 saturated heterocycles. The predicted octanol–water partition coefficient (Wildman–Crippen LogP) is 3.21. The number of nitrogens with zero attached hydrogens (tertiary/aromatic N) is 2. The molecule has 1 aromatic rings. The standard InChI is InChI=1S/C14H25ClN2O/c1-8(2)13(9(3)4)12(18)7-11-10(5)16-17(6)14(11)15/h8-9,12-13,18H,7H2,1-6H3. The van der Waals surface area contributed by atoms with Gasteiger partial charge >= 0.3 is 0 Å². The first-order valence-corrected chi connectivity index (χ1v) is 6.99. The fourth-order valence-electron chi connectivity index (χ4n) is 2.91. The van der Waals surface area contributed by atoms with Gasteiger partial charge in [0.05, 0.1) is 11.8 Å². The summed E-state index contributed by atoms with van der Waals surface area (Å²) in [5.74, 6) is 1.19. The van der Waals surface area contributed by atoms with E-state index in [1.807, 2.05) is 14.0 Å². The van der Waals surface area contributed by atoms with Crippen molar-refractivity contribution in [1.29, 1.82) is 0 Å². The summed E-state index contributed by atoms with van der Waals surface area (Å²) in [4.78, 5) is 0. The van der Waals surface area contributed by atoms with Gasteiger partial charge in [-0.3, -0.25) is 4.68 Å². The second-order valence-corrected chi connectivity index (χ2v) is 6.17. The number of aromatic nitrogens is 2. The zero-order valence-corrected chi connectivity index (χ0v) is 13.0. The normalized spacial score (nSPS) is 13.9. The predicted molar refractivity (Wildman–Crippen MR) is 75.8 cm³/mol. The van der Waals surface area contributed by atoms with Crippen molar-refractivity contribution in [2.75, 3.05) is 0 Å². The number of aliphatic hydroxyl groups is 1. The largest absolute Gasteiger partial charge is 0.392 e. The van der Waals surface area contributed by atoms with E-state index in [4.69, 9.17) is 11.6 Å². The van der Waals surface area contributed by atoms with Crippen LogP contribution in [0.15, 0.2) is 0 Å². The molecule has 0 aliphatic heterocycles. The topological polar surface area (TPSA) is 38.0 Å². The van der Waals surface area contributed by atoms with Crippen LogP contribution in [-0.4, -0.2) is 21.0 Å². The highest BCUT2D eigenvalue weighted by Gasteiger charge is 2.27. The summed E-state index contributed by atoms with van der Waals surface area (Å²) in [5.41, 5.74) is 1.88. The molecule has 0 amide bonds. The number of hydrogen-bond donors (Lipinski definition) is 1. The van der Waals surface area contributed by atoms with Gasteiger partial charge in [0.1, 0.15) is 5.15 Å². The minimum Gasteiger partial charge on any atom is -0.392 e. The van der Waals surface area contributed by atoms with Crippen LogP contribution in [0.3, 0.4) is 0 Å². The lowest BCUT2D eigenvalue weighted by Gasteiger charge is -2.30. The molecule has 0 fully saturated rings. The molecule has 4 heteroatoms. The molecule has 3 nitrogen and oxygen atoms in total. The molecular formula is C14H25ClN2O. The number of aliphatic hydroxyl groups excluding tert-OH is 1. The van der Waals surface area contributed by atoms with Crippen molar-refractivity contribution in [3.05, 3.63) is 16.4 Å². The molecule has 0 aliphatic rings. The Balaban J connectivity index is 2.89. The second-order valence-electron chi connectivity index (χ2n) is 5.82. The molecule has 0 aliphatic carbocycles. The lowest BCUT2D eigenvalue weighted by atomic mass is 9.79. The molecule has 0 radical (unpaired) electrons. The first-order valence-electron chi connectivity index (χ1n) is 6.61. The van der Waals surface area contributed by atoms with Crippen molar-refractivity contribution < 1.29 is 5.11 Å². The molecule has 1 N–H and O–H groups in total. The zero-order chi connectivity index (χ0) is 14.0. The van der Waals surface area contributed by atoms with Crippen LogP contribution >= 0.6 is 11.6 Å². The van der Waals surface area contributed by atoms with Gasteiger partial charge in [0.15, 0.2) is 0 Å². The molecule has 0 spiro atoms. The van der Waals surface area contributed by atoms with Crippen LogP contribution in [0.2, 0.25) is 5.15 Å². The Bertz CT molecular complexity index is 391. The minimum absolute atomic E-state index is 0.278. The summed E-state index contributed by atoms with van der Waals surface area (Å²) >= 11 is 6.21. The number of aryl methyl sites for hydroxylation is 2. The van der Waals surface area contributed by atoms with Crippen LogP contribution in [0.4, 0.5) is 0 Å². The molecule has 1 unspecified atom stereocenters. The Kier molecular flexibility index (Phi) is 5.23. The first kappa shape index (κ1) is 15.5. The van der Waals surface area contributed by atoms with Crippen molar-refractivity contribution >= 4 is 11.6 Å². The Morgan fingerprint density at radius 2 is 1.72 bits per heavy atom. The first-order chi connectivity index (χ1) is 8.25. The average Bonchev–Trinajstić information content (AvgIpc) is 2.44. The highest BCUT2D eigenvalue weighted by Crippen LogP contribution is 2.29. The maximum absolute atomic E-state index is 10.5.